The summed E-state index contributed by atoms with van der Waals surface area (Å²) in [7, 11) is 0. The summed E-state index contributed by atoms with van der Waals surface area (Å²) in [6.45, 7) is 0.878. The van der Waals surface area contributed by atoms with E-state index in [2.05, 4.69) is 10.2 Å². The number of fused-ring (bicyclic) bond motifs is 1. The van der Waals surface area contributed by atoms with Crippen molar-refractivity contribution < 1.29 is 9.59 Å². The van der Waals surface area contributed by atoms with Crippen LogP contribution in [0.3, 0.4) is 0 Å². The third-order valence-electron chi connectivity index (χ3n) is 4.04. The molecule has 3 rings (SSSR count). The number of carbonyl (C=O) groups excluding carboxylic acids is 2. The molecule has 0 unspecified atom stereocenters. The molecule has 0 radical (unpaired) electrons. The van der Waals surface area contributed by atoms with Crippen LogP contribution in [-0.2, 0) is 16.0 Å². The van der Waals surface area contributed by atoms with Gasteiger partial charge >= 0.3 is 0 Å². The monoisotopic (exact) mass is 300 g/mol. The number of nitrogens with one attached hydrogen (secondary N) is 1. The van der Waals surface area contributed by atoms with Crippen molar-refractivity contribution in [2.45, 2.75) is 12.8 Å². The van der Waals surface area contributed by atoms with E-state index >= 15 is 0 Å². The molecule has 2 aromatic rings. The summed E-state index contributed by atoms with van der Waals surface area (Å²) in [4.78, 5) is 36.9. The zero-order chi connectivity index (χ0) is 15.7. The average molecular weight is 300 g/mol. The minimum absolute atomic E-state index is 0.0861. The van der Waals surface area contributed by atoms with Gasteiger partial charge in [0.15, 0.2) is 0 Å². The van der Waals surface area contributed by atoms with E-state index < -0.39 is 0 Å². The lowest BCUT2D eigenvalue weighted by atomic mass is 10.1. The molecule has 3 N–H and O–H groups in total. The number of rotatable bonds is 3. The molecule has 2 amide bonds. The number of nitrogens with zero attached hydrogens (tertiary/aromatic N) is 2. The fourth-order valence-electron chi connectivity index (χ4n) is 2.78. The normalized spacial score (nSPS) is 17.8. The maximum absolute atomic E-state index is 12.4. The first-order chi connectivity index (χ1) is 10.6. The van der Waals surface area contributed by atoms with Crippen molar-refractivity contribution in [3.63, 3.8) is 0 Å². The van der Waals surface area contributed by atoms with E-state index in [4.69, 9.17) is 5.73 Å². The fraction of sp³-hybridized carbons (Fsp3) is 0.333. The van der Waals surface area contributed by atoms with E-state index in [1.807, 2.05) is 0 Å². The lowest BCUT2D eigenvalue weighted by Gasteiger charge is -2.16. The predicted molar refractivity (Wildman–Crippen MR) is 79.9 cm³/mol. The maximum atomic E-state index is 12.4. The molecule has 1 fully saturated rings. The number of H-pyrrole nitrogens is 1. The van der Waals surface area contributed by atoms with Gasteiger partial charge in [0, 0.05) is 18.5 Å². The summed E-state index contributed by atoms with van der Waals surface area (Å²) in [5, 5.41) is 7.59. The van der Waals surface area contributed by atoms with Gasteiger partial charge in [0.2, 0.25) is 11.8 Å². The summed E-state index contributed by atoms with van der Waals surface area (Å²) in [5.74, 6) is -0.763. The summed E-state index contributed by atoms with van der Waals surface area (Å²) < 4.78 is 0. The summed E-state index contributed by atoms with van der Waals surface area (Å²) in [6.07, 6.45) is 0.684. The van der Waals surface area contributed by atoms with Crippen molar-refractivity contribution in [1.82, 2.24) is 15.1 Å². The molecule has 1 aromatic carbocycles. The van der Waals surface area contributed by atoms with E-state index in [0.717, 1.165) is 0 Å². The Labute approximate surface area is 126 Å². The molecule has 0 aliphatic carbocycles. The van der Waals surface area contributed by atoms with Gasteiger partial charge < -0.3 is 10.6 Å². The lowest BCUT2D eigenvalue weighted by molar-refractivity contribution is -0.129. The Bertz CT molecular complexity index is 799. The van der Waals surface area contributed by atoms with E-state index in [-0.39, 0.29) is 29.7 Å². The first-order valence-corrected chi connectivity index (χ1v) is 7.09. The number of nitrogens with two attached hydrogens (primary N) is 1. The lowest BCUT2D eigenvalue weighted by Crippen LogP contribution is -2.33. The maximum Gasteiger partial charge on any atom is 0.272 e. The zero-order valence-corrected chi connectivity index (χ0v) is 11.9. The highest BCUT2D eigenvalue weighted by atomic mass is 16.2. The van der Waals surface area contributed by atoms with Gasteiger partial charge in [-0.05, 0) is 12.5 Å². The minimum Gasteiger partial charge on any atom is -0.369 e. The second-order valence-corrected chi connectivity index (χ2v) is 5.45. The number of primary amides is 1. The van der Waals surface area contributed by atoms with Crippen LogP contribution in [0, 0.1) is 5.92 Å². The summed E-state index contributed by atoms with van der Waals surface area (Å²) in [5.41, 5.74) is 5.53. The van der Waals surface area contributed by atoms with Gasteiger partial charge in [-0.15, -0.1) is 0 Å². The van der Waals surface area contributed by atoms with Crippen LogP contribution in [0.25, 0.3) is 10.8 Å². The highest BCUT2D eigenvalue weighted by molar-refractivity contribution is 5.88. The molecule has 0 saturated carbocycles. The van der Waals surface area contributed by atoms with Crippen LogP contribution in [0.15, 0.2) is 29.1 Å². The van der Waals surface area contributed by atoms with Crippen LogP contribution >= 0.6 is 0 Å². The number of amides is 2. The first kappa shape index (κ1) is 14.2. The van der Waals surface area contributed by atoms with Gasteiger partial charge in [-0.25, -0.2) is 5.10 Å². The highest BCUT2D eigenvalue weighted by Crippen LogP contribution is 2.18. The van der Waals surface area contributed by atoms with Crippen molar-refractivity contribution in [2.75, 3.05) is 13.1 Å². The number of likely N-dealkylation sites (tertiary alicyclic amines) is 1. The molecule has 114 valence electrons. The van der Waals surface area contributed by atoms with Crippen LogP contribution in [0.4, 0.5) is 0 Å². The van der Waals surface area contributed by atoms with Crippen LogP contribution in [0.1, 0.15) is 12.1 Å². The number of carbonyl (C=O) groups is 2. The molecule has 0 bridgehead atoms. The molecule has 1 atom stereocenters. The van der Waals surface area contributed by atoms with Crippen molar-refractivity contribution >= 4 is 22.6 Å². The largest absolute Gasteiger partial charge is 0.369 e. The van der Waals surface area contributed by atoms with E-state index in [0.29, 0.717) is 36.0 Å². The molecule has 7 heteroatoms. The van der Waals surface area contributed by atoms with Crippen molar-refractivity contribution in [2.24, 2.45) is 11.7 Å². The van der Waals surface area contributed by atoms with E-state index in [1.54, 1.807) is 29.2 Å². The van der Waals surface area contributed by atoms with Crippen molar-refractivity contribution in [3.05, 3.63) is 40.3 Å². The van der Waals surface area contributed by atoms with Crippen LogP contribution < -0.4 is 11.3 Å². The van der Waals surface area contributed by atoms with Gasteiger partial charge in [0.1, 0.15) is 0 Å². The number of aromatic nitrogens is 2. The highest BCUT2D eigenvalue weighted by Gasteiger charge is 2.29. The van der Waals surface area contributed by atoms with Gasteiger partial charge in [0.05, 0.1) is 23.4 Å². The van der Waals surface area contributed by atoms with Gasteiger partial charge in [0.25, 0.3) is 5.56 Å². The predicted octanol–water partition coefficient (Wildman–Crippen LogP) is -0.201. The Morgan fingerprint density at radius 3 is 2.73 bits per heavy atom. The Kier molecular flexibility index (Phi) is 3.62. The second kappa shape index (κ2) is 5.59. The van der Waals surface area contributed by atoms with E-state index in [1.165, 1.54) is 0 Å². The molecular weight excluding hydrogens is 284 g/mol. The number of hydrogen-bond donors (Lipinski definition) is 2. The van der Waals surface area contributed by atoms with Gasteiger partial charge in [-0.3, -0.25) is 14.4 Å². The second-order valence-electron chi connectivity index (χ2n) is 5.45. The molecule has 0 spiro atoms. The first-order valence-electron chi connectivity index (χ1n) is 7.09. The van der Waals surface area contributed by atoms with Crippen molar-refractivity contribution in [3.8, 4) is 0 Å². The minimum atomic E-state index is -0.372. The topological polar surface area (TPSA) is 109 Å². The van der Waals surface area contributed by atoms with Crippen LogP contribution in [0.5, 0.6) is 0 Å². The molecule has 7 nitrogen and oxygen atoms in total. The molecular formula is C15H16N4O3. The molecule has 1 saturated heterocycles. The Hall–Kier alpha value is -2.70. The Morgan fingerprint density at radius 1 is 1.32 bits per heavy atom. The van der Waals surface area contributed by atoms with Crippen LogP contribution in [0.2, 0.25) is 0 Å². The molecule has 1 aromatic heterocycles. The quantitative estimate of drug-likeness (QED) is 0.818. The third-order valence-corrected chi connectivity index (χ3v) is 4.04. The molecule has 1 aliphatic rings. The standard InChI is InChI=1S/C15H16N4O3/c16-14(21)9-5-6-19(8-9)13(20)7-12-10-3-1-2-4-11(10)15(22)18-17-12/h1-4,9H,5-8H2,(H2,16,21)(H,18,22)/t9-/m0/s1. The van der Waals surface area contributed by atoms with E-state index in [9.17, 15) is 14.4 Å². The number of benzene rings is 1. The third kappa shape index (κ3) is 2.57. The molecule has 22 heavy (non-hydrogen) atoms. The van der Waals surface area contributed by atoms with Gasteiger partial charge in [-0.1, -0.05) is 18.2 Å². The smallest absolute Gasteiger partial charge is 0.272 e. The number of aromatic amines is 1. The zero-order valence-electron chi connectivity index (χ0n) is 11.9. The summed E-state index contributed by atoms with van der Waals surface area (Å²) >= 11 is 0. The van der Waals surface area contributed by atoms with Crippen LogP contribution in [-0.4, -0.2) is 40.0 Å². The average Bonchev–Trinajstić information content (AvgIpc) is 3.01. The van der Waals surface area contributed by atoms with Gasteiger partial charge in [-0.2, -0.15) is 5.10 Å². The summed E-state index contributed by atoms with van der Waals surface area (Å²) in [6, 6.07) is 7.04. The molecule has 1 aliphatic heterocycles. The SMILES string of the molecule is NC(=O)[C@H]1CCN(C(=O)Cc2n[nH]c(=O)c3ccccc23)C1. The Balaban J connectivity index is 1.82. The number of hydrogen-bond acceptors (Lipinski definition) is 4. The Morgan fingerprint density at radius 2 is 2.05 bits per heavy atom. The fourth-order valence-corrected chi connectivity index (χ4v) is 2.78. The van der Waals surface area contributed by atoms with Crippen molar-refractivity contribution in [1.29, 1.82) is 0 Å². The molecule has 2 heterocycles.